The molecule has 2 aromatic rings. The number of ether oxygens (including phenoxy) is 2. The van der Waals surface area contributed by atoms with Crippen molar-refractivity contribution in [2.24, 2.45) is 0 Å². The average Bonchev–Trinajstić information content (AvgIpc) is 3.29. The molecule has 0 spiro atoms. The lowest BCUT2D eigenvalue weighted by Crippen LogP contribution is -2.34. The first-order valence-electron chi connectivity index (χ1n) is 8.18. The molecule has 2 amide bonds. The first kappa shape index (κ1) is 17.8. The van der Waals surface area contributed by atoms with Crippen LogP contribution in [0.25, 0.3) is 0 Å². The van der Waals surface area contributed by atoms with Gasteiger partial charge in [-0.2, -0.15) is 13.2 Å². The Morgan fingerprint density at radius 1 is 1.15 bits per heavy atom. The fraction of sp³-hybridized carbons (Fsp3) is 0.278. The maximum absolute atomic E-state index is 12.9. The van der Waals surface area contributed by atoms with E-state index in [1.54, 1.807) is 22.7 Å². The van der Waals surface area contributed by atoms with Crippen molar-refractivity contribution >= 4 is 23.5 Å². The Kier molecular flexibility index (Phi) is 4.55. The molecule has 0 bridgehead atoms. The van der Waals surface area contributed by atoms with E-state index in [1.165, 1.54) is 12.1 Å². The molecule has 2 aliphatic rings. The summed E-state index contributed by atoms with van der Waals surface area (Å²) in [6, 6.07) is 9.64. The molecular weight excluding hydrogens is 381 g/mol. The van der Waals surface area contributed by atoms with Crippen molar-refractivity contribution in [2.45, 2.75) is 11.6 Å². The van der Waals surface area contributed by atoms with Crippen LogP contribution in [0, 0.1) is 0 Å². The Bertz CT molecular complexity index is 875. The molecule has 0 saturated carbocycles. The molecule has 2 aromatic carbocycles. The third kappa shape index (κ3) is 3.64. The number of nitrogens with zero attached hydrogens (tertiary/aromatic N) is 1. The summed E-state index contributed by atoms with van der Waals surface area (Å²) in [7, 11) is 0. The van der Waals surface area contributed by atoms with Crippen molar-refractivity contribution in [2.75, 3.05) is 24.4 Å². The minimum absolute atomic E-state index is 0.108. The zero-order valence-corrected chi connectivity index (χ0v) is 14.8. The molecular formula is C18H15F3N2O3S. The summed E-state index contributed by atoms with van der Waals surface area (Å²) in [4.78, 5) is 14.3. The number of nitrogens with one attached hydrogen (secondary N) is 1. The van der Waals surface area contributed by atoms with E-state index in [1.807, 2.05) is 12.1 Å². The summed E-state index contributed by atoms with van der Waals surface area (Å²) >= 11 is 1.58. The van der Waals surface area contributed by atoms with Gasteiger partial charge >= 0.3 is 12.2 Å². The zero-order valence-electron chi connectivity index (χ0n) is 14.0. The van der Waals surface area contributed by atoms with Crippen LogP contribution in [-0.4, -0.2) is 30.0 Å². The second kappa shape index (κ2) is 6.88. The molecule has 0 aromatic heterocycles. The van der Waals surface area contributed by atoms with Gasteiger partial charge in [0.15, 0.2) is 11.5 Å². The van der Waals surface area contributed by atoms with Gasteiger partial charge in [0.05, 0.1) is 5.56 Å². The van der Waals surface area contributed by atoms with Gasteiger partial charge in [-0.1, -0.05) is 12.1 Å². The normalized spacial score (nSPS) is 18.6. The van der Waals surface area contributed by atoms with Crippen LogP contribution < -0.4 is 14.8 Å². The van der Waals surface area contributed by atoms with E-state index < -0.39 is 17.8 Å². The van der Waals surface area contributed by atoms with Crippen molar-refractivity contribution in [3.05, 3.63) is 53.6 Å². The van der Waals surface area contributed by atoms with Crippen LogP contribution in [0.4, 0.5) is 23.7 Å². The number of benzene rings is 2. The van der Waals surface area contributed by atoms with Crippen LogP contribution in [-0.2, 0) is 6.18 Å². The van der Waals surface area contributed by atoms with Gasteiger partial charge in [-0.15, -0.1) is 11.8 Å². The van der Waals surface area contributed by atoms with Crippen LogP contribution >= 0.6 is 11.8 Å². The standard InChI is InChI=1S/C18H15F3N2O3S/c19-18(20,21)12-2-1-3-13(9-12)22-17(24)23-6-7-27-16(23)11-4-5-14-15(8-11)26-10-25-14/h1-5,8-9,16H,6-7,10H2,(H,22,24). The summed E-state index contributed by atoms with van der Waals surface area (Å²) in [6.45, 7) is 0.658. The van der Waals surface area contributed by atoms with E-state index in [0.29, 0.717) is 18.0 Å². The Hall–Kier alpha value is -2.55. The number of thioether (sulfide) groups is 1. The number of rotatable bonds is 2. The predicted molar refractivity (Wildman–Crippen MR) is 94.9 cm³/mol. The molecule has 1 N–H and O–H groups in total. The van der Waals surface area contributed by atoms with Gasteiger partial charge in [0.1, 0.15) is 5.37 Å². The summed E-state index contributed by atoms with van der Waals surface area (Å²) in [5.74, 6) is 2.01. The van der Waals surface area contributed by atoms with Crippen molar-refractivity contribution in [1.82, 2.24) is 4.90 Å². The minimum atomic E-state index is -4.46. The van der Waals surface area contributed by atoms with Crippen molar-refractivity contribution in [3.8, 4) is 11.5 Å². The number of anilines is 1. The molecule has 142 valence electrons. The molecule has 0 radical (unpaired) electrons. The maximum Gasteiger partial charge on any atom is 0.416 e. The SMILES string of the molecule is O=C(Nc1cccc(C(F)(F)F)c1)N1CCSC1c1ccc2c(c1)OCO2. The number of halogens is 3. The smallest absolute Gasteiger partial charge is 0.416 e. The van der Waals surface area contributed by atoms with Gasteiger partial charge in [0.2, 0.25) is 6.79 Å². The average molecular weight is 396 g/mol. The third-order valence-electron chi connectivity index (χ3n) is 4.27. The van der Waals surface area contributed by atoms with Crippen LogP contribution in [0.3, 0.4) is 0 Å². The van der Waals surface area contributed by atoms with E-state index in [4.69, 9.17) is 9.47 Å². The molecule has 27 heavy (non-hydrogen) atoms. The van der Waals surface area contributed by atoms with Gasteiger partial charge in [-0.3, -0.25) is 0 Å². The van der Waals surface area contributed by atoms with Crippen molar-refractivity contribution in [1.29, 1.82) is 0 Å². The first-order valence-corrected chi connectivity index (χ1v) is 9.23. The number of hydrogen-bond donors (Lipinski definition) is 1. The van der Waals surface area contributed by atoms with E-state index in [9.17, 15) is 18.0 Å². The molecule has 0 aliphatic carbocycles. The van der Waals surface area contributed by atoms with Crippen molar-refractivity contribution in [3.63, 3.8) is 0 Å². The summed E-state index contributed by atoms with van der Waals surface area (Å²) in [5, 5.41) is 2.32. The number of amides is 2. The van der Waals surface area contributed by atoms with Gasteiger partial charge < -0.3 is 19.7 Å². The topological polar surface area (TPSA) is 50.8 Å². The predicted octanol–water partition coefficient (Wildman–Crippen LogP) is 4.71. The second-order valence-corrected chi connectivity index (χ2v) is 7.23. The number of alkyl halides is 3. The summed E-state index contributed by atoms with van der Waals surface area (Å²) in [5.41, 5.74) is 0.181. The first-order chi connectivity index (χ1) is 12.9. The molecule has 1 unspecified atom stereocenters. The van der Waals surface area contributed by atoms with Crippen LogP contribution in [0.2, 0.25) is 0 Å². The molecule has 2 heterocycles. The molecule has 4 rings (SSSR count). The highest BCUT2D eigenvalue weighted by molar-refractivity contribution is 7.99. The minimum Gasteiger partial charge on any atom is -0.454 e. The Morgan fingerprint density at radius 3 is 2.78 bits per heavy atom. The fourth-order valence-corrected chi connectivity index (χ4v) is 4.23. The number of hydrogen-bond acceptors (Lipinski definition) is 4. The van der Waals surface area contributed by atoms with E-state index in [0.717, 1.165) is 23.4 Å². The summed E-state index contributed by atoms with van der Waals surface area (Å²) < 4.78 is 49.2. The third-order valence-corrected chi connectivity index (χ3v) is 5.54. The van der Waals surface area contributed by atoms with Gasteiger partial charge in [-0.05, 0) is 35.9 Å². The molecule has 5 nitrogen and oxygen atoms in total. The lowest BCUT2D eigenvalue weighted by molar-refractivity contribution is -0.137. The Morgan fingerprint density at radius 2 is 1.96 bits per heavy atom. The lowest BCUT2D eigenvalue weighted by atomic mass is 10.2. The lowest BCUT2D eigenvalue weighted by Gasteiger charge is -2.24. The zero-order chi connectivity index (χ0) is 19.0. The number of carbonyl (C=O) groups excluding carboxylic acids is 1. The Balaban J connectivity index is 1.51. The van der Waals surface area contributed by atoms with Crippen LogP contribution in [0.1, 0.15) is 16.5 Å². The van der Waals surface area contributed by atoms with E-state index in [-0.39, 0.29) is 17.9 Å². The summed E-state index contributed by atoms with van der Waals surface area (Å²) in [6.07, 6.45) is -4.46. The highest BCUT2D eigenvalue weighted by atomic mass is 32.2. The molecule has 1 saturated heterocycles. The fourth-order valence-electron chi connectivity index (χ4n) is 2.99. The van der Waals surface area contributed by atoms with E-state index in [2.05, 4.69) is 5.32 Å². The molecule has 9 heteroatoms. The van der Waals surface area contributed by atoms with Crippen LogP contribution in [0.5, 0.6) is 11.5 Å². The maximum atomic E-state index is 12.9. The number of fused-ring (bicyclic) bond motifs is 1. The number of urea groups is 1. The van der Waals surface area contributed by atoms with Gasteiger partial charge in [0.25, 0.3) is 0 Å². The largest absolute Gasteiger partial charge is 0.454 e. The van der Waals surface area contributed by atoms with Gasteiger partial charge in [0, 0.05) is 18.0 Å². The monoisotopic (exact) mass is 396 g/mol. The quantitative estimate of drug-likeness (QED) is 0.799. The molecule has 1 atom stereocenters. The van der Waals surface area contributed by atoms with Crippen LogP contribution in [0.15, 0.2) is 42.5 Å². The Labute approximate surface area is 157 Å². The second-order valence-electron chi connectivity index (χ2n) is 6.04. The van der Waals surface area contributed by atoms with E-state index >= 15 is 0 Å². The number of carbonyl (C=O) groups is 1. The van der Waals surface area contributed by atoms with Gasteiger partial charge in [-0.25, -0.2) is 4.79 Å². The molecule has 1 fully saturated rings. The highest BCUT2D eigenvalue weighted by Gasteiger charge is 2.33. The molecule has 2 aliphatic heterocycles. The van der Waals surface area contributed by atoms with Crippen molar-refractivity contribution < 1.29 is 27.4 Å². The highest BCUT2D eigenvalue weighted by Crippen LogP contribution is 2.42.